The van der Waals surface area contributed by atoms with E-state index < -0.39 is 0 Å². The van der Waals surface area contributed by atoms with Gasteiger partial charge >= 0.3 is 0 Å². The molecule has 24 heavy (non-hydrogen) atoms. The first-order valence-corrected chi connectivity index (χ1v) is 8.43. The highest BCUT2D eigenvalue weighted by atomic mass is 16.6. The molecule has 4 heteroatoms. The summed E-state index contributed by atoms with van der Waals surface area (Å²) in [7, 11) is 0. The van der Waals surface area contributed by atoms with E-state index in [4.69, 9.17) is 4.74 Å². The summed E-state index contributed by atoms with van der Waals surface area (Å²) in [5.41, 5.74) is 3.26. The van der Waals surface area contributed by atoms with Crippen LogP contribution in [0.2, 0.25) is 0 Å². The number of nitrogens with zero attached hydrogens (tertiary/aromatic N) is 1. The van der Waals surface area contributed by atoms with Gasteiger partial charge in [0.2, 0.25) is 0 Å². The Morgan fingerprint density at radius 1 is 1.08 bits per heavy atom. The van der Waals surface area contributed by atoms with Gasteiger partial charge in [-0.15, -0.1) is 0 Å². The molecule has 0 aromatic heterocycles. The molecule has 0 amide bonds. The van der Waals surface area contributed by atoms with Crippen LogP contribution in [0.25, 0.3) is 0 Å². The van der Waals surface area contributed by atoms with Crippen molar-refractivity contribution in [3.05, 3.63) is 69.3 Å². The first-order chi connectivity index (χ1) is 11.4. The molecule has 0 N–H and O–H groups in total. The summed E-state index contributed by atoms with van der Waals surface area (Å²) in [5.74, 6) is 1.30. The largest absolute Gasteiger partial charge is 0.486 e. The van der Waals surface area contributed by atoms with Crippen LogP contribution >= 0.6 is 0 Å². The maximum Gasteiger partial charge on any atom is 0.272 e. The molecule has 2 aromatic rings. The molecule has 0 aliphatic heterocycles. The van der Waals surface area contributed by atoms with E-state index in [1.807, 2.05) is 13.8 Å². The standard InChI is InChI=1S/C20H25NO3/c1-5-17-13-19(10-11-20(17)21(22)23)24-15(4)18-8-6-16(7-9-18)12-14(2)3/h6-11,13-15H,5,12H2,1-4H3. The molecule has 0 bridgehead atoms. The second-order valence-electron chi connectivity index (χ2n) is 6.50. The number of benzene rings is 2. The lowest BCUT2D eigenvalue weighted by Crippen LogP contribution is -2.04. The van der Waals surface area contributed by atoms with Gasteiger partial charge in [0.1, 0.15) is 11.9 Å². The average molecular weight is 327 g/mol. The van der Waals surface area contributed by atoms with E-state index in [0.29, 0.717) is 23.7 Å². The van der Waals surface area contributed by atoms with Gasteiger partial charge in [0.25, 0.3) is 5.69 Å². The zero-order valence-corrected chi connectivity index (χ0v) is 14.8. The van der Waals surface area contributed by atoms with Crippen LogP contribution in [0.1, 0.15) is 50.5 Å². The van der Waals surface area contributed by atoms with E-state index in [9.17, 15) is 10.1 Å². The van der Waals surface area contributed by atoms with Crippen LogP contribution in [-0.4, -0.2) is 4.92 Å². The Morgan fingerprint density at radius 3 is 2.29 bits per heavy atom. The molecule has 1 unspecified atom stereocenters. The predicted molar refractivity (Wildman–Crippen MR) is 96.5 cm³/mol. The third-order valence-electron chi connectivity index (χ3n) is 4.03. The second kappa shape index (κ2) is 7.95. The molecule has 2 rings (SSSR count). The number of hydrogen-bond acceptors (Lipinski definition) is 3. The van der Waals surface area contributed by atoms with Gasteiger partial charge in [0.05, 0.1) is 4.92 Å². The lowest BCUT2D eigenvalue weighted by molar-refractivity contribution is -0.385. The summed E-state index contributed by atoms with van der Waals surface area (Å²) in [6.07, 6.45) is 1.56. The van der Waals surface area contributed by atoms with Gasteiger partial charge in [-0.1, -0.05) is 45.0 Å². The summed E-state index contributed by atoms with van der Waals surface area (Å²) in [6, 6.07) is 13.4. The van der Waals surface area contributed by atoms with Crippen molar-refractivity contribution in [2.24, 2.45) is 5.92 Å². The zero-order chi connectivity index (χ0) is 17.7. The fourth-order valence-electron chi connectivity index (χ4n) is 2.76. The molecule has 4 nitrogen and oxygen atoms in total. The summed E-state index contributed by atoms with van der Waals surface area (Å²) in [5, 5.41) is 11.0. The van der Waals surface area contributed by atoms with Crippen LogP contribution in [0.15, 0.2) is 42.5 Å². The number of rotatable bonds is 7. The van der Waals surface area contributed by atoms with Crippen LogP contribution in [0, 0.1) is 16.0 Å². The molecular weight excluding hydrogens is 302 g/mol. The molecule has 1 atom stereocenters. The van der Waals surface area contributed by atoms with Crippen molar-refractivity contribution in [1.29, 1.82) is 0 Å². The van der Waals surface area contributed by atoms with Crippen molar-refractivity contribution in [3.63, 3.8) is 0 Å². The fraction of sp³-hybridized carbons (Fsp3) is 0.400. The van der Waals surface area contributed by atoms with Crippen LogP contribution in [-0.2, 0) is 12.8 Å². The molecule has 0 saturated carbocycles. The topological polar surface area (TPSA) is 52.4 Å². The Balaban J connectivity index is 2.11. The monoisotopic (exact) mass is 327 g/mol. The van der Waals surface area contributed by atoms with Gasteiger partial charge in [-0.3, -0.25) is 10.1 Å². The van der Waals surface area contributed by atoms with E-state index in [1.54, 1.807) is 12.1 Å². The van der Waals surface area contributed by atoms with Crippen molar-refractivity contribution >= 4 is 5.69 Å². The molecule has 0 fully saturated rings. The molecule has 0 spiro atoms. The van der Waals surface area contributed by atoms with Crippen molar-refractivity contribution < 1.29 is 9.66 Å². The Kier molecular flexibility index (Phi) is 5.96. The van der Waals surface area contributed by atoms with Gasteiger partial charge in [-0.25, -0.2) is 0 Å². The number of nitro groups is 1. The Bertz CT molecular complexity index is 693. The highest BCUT2D eigenvalue weighted by Gasteiger charge is 2.15. The predicted octanol–water partition coefficient (Wildman–Crippen LogP) is 5.50. The highest BCUT2D eigenvalue weighted by Crippen LogP contribution is 2.28. The van der Waals surface area contributed by atoms with E-state index >= 15 is 0 Å². The van der Waals surface area contributed by atoms with Crippen molar-refractivity contribution in [2.75, 3.05) is 0 Å². The summed E-state index contributed by atoms with van der Waals surface area (Å²) >= 11 is 0. The SMILES string of the molecule is CCc1cc(OC(C)c2ccc(CC(C)C)cc2)ccc1[N+](=O)[O-]. The lowest BCUT2D eigenvalue weighted by Gasteiger charge is -2.16. The van der Waals surface area contributed by atoms with Crippen molar-refractivity contribution in [3.8, 4) is 5.75 Å². The van der Waals surface area contributed by atoms with Crippen LogP contribution in [0.3, 0.4) is 0 Å². The average Bonchev–Trinajstić information content (AvgIpc) is 2.54. The van der Waals surface area contributed by atoms with Gasteiger partial charge < -0.3 is 4.74 Å². The van der Waals surface area contributed by atoms with E-state index in [2.05, 4.69) is 38.1 Å². The molecule has 0 aliphatic carbocycles. The second-order valence-corrected chi connectivity index (χ2v) is 6.50. The third-order valence-corrected chi connectivity index (χ3v) is 4.03. The number of ether oxygens (including phenoxy) is 1. The molecule has 128 valence electrons. The molecule has 0 saturated heterocycles. The maximum absolute atomic E-state index is 11.0. The Hall–Kier alpha value is -2.36. The minimum Gasteiger partial charge on any atom is -0.486 e. The quantitative estimate of drug-likeness (QED) is 0.498. The number of hydrogen-bond donors (Lipinski definition) is 0. The van der Waals surface area contributed by atoms with Gasteiger partial charge in [-0.2, -0.15) is 0 Å². The van der Waals surface area contributed by atoms with Crippen molar-refractivity contribution in [2.45, 2.75) is 46.6 Å². The smallest absolute Gasteiger partial charge is 0.272 e. The van der Waals surface area contributed by atoms with Gasteiger partial charge in [0.15, 0.2) is 0 Å². The highest BCUT2D eigenvalue weighted by molar-refractivity contribution is 5.45. The van der Waals surface area contributed by atoms with Gasteiger partial charge in [-0.05, 0) is 48.9 Å². The molecule has 0 radical (unpaired) electrons. The first kappa shape index (κ1) is 18.0. The summed E-state index contributed by atoms with van der Waals surface area (Å²) < 4.78 is 5.98. The minimum atomic E-state index is -0.348. The maximum atomic E-state index is 11.0. The molecule has 2 aromatic carbocycles. The summed E-state index contributed by atoms with van der Waals surface area (Å²) in [6.45, 7) is 8.31. The van der Waals surface area contributed by atoms with E-state index in [-0.39, 0.29) is 16.7 Å². The van der Waals surface area contributed by atoms with Gasteiger partial charge in [0, 0.05) is 11.6 Å². The fourth-order valence-corrected chi connectivity index (χ4v) is 2.76. The van der Waals surface area contributed by atoms with Crippen LogP contribution < -0.4 is 4.74 Å². The first-order valence-electron chi connectivity index (χ1n) is 8.43. The zero-order valence-electron chi connectivity index (χ0n) is 14.8. The summed E-state index contributed by atoms with van der Waals surface area (Å²) in [4.78, 5) is 10.7. The van der Waals surface area contributed by atoms with Crippen molar-refractivity contribution in [1.82, 2.24) is 0 Å². The number of aryl methyl sites for hydroxylation is 1. The van der Waals surface area contributed by atoms with E-state index in [1.165, 1.54) is 11.6 Å². The van der Waals surface area contributed by atoms with E-state index in [0.717, 1.165) is 12.0 Å². The Labute approximate surface area is 143 Å². The molecular formula is C20H25NO3. The normalized spacial score (nSPS) is 12.2. The number of nitro benzene ring substituents is 1. The van der Waals surface area contributed by atoms with Crippen LogP contribution in [0.5, 0.6) is 5.75 Å². The minimum absolute atomic E-state index is 0.107. The Morgan fingerprint density at radius 2 is 1.75 bits per heavy atom. The molecule has 0 aliphatic rings. The van der Waals surface area contributed by atoms with Crippen LogP contribution in [0.4, 0.5) is 5.69 Å². The lowest BCUT2D eigenvalue weighted by atomic mass is 10.0. The molecule has 0 heterocycles. The third kappa shape index (κ3) is 4.57.